The summed E-state index contributed by atoms with van der Waals surface area (Å²) in [6.45, 7) is 4.71. The van der Waals surface area contributed by atoms with Crippen LogP contribution in [-0.4, -0.2) is 9.55 Å². The highest BCUT2D eigenvalue weighted by Crippen LogP contribution is 2.42. The number of hydrazine groups is 1. The van der Waals surface area contributed by atoms with E-state index in [9.17, 15) is 0 Å². The van der Waals surface area contributed by atoms with E-state index in [0.29, 0.717) is 11.3 Å². The number of aryl methyl sites for hydroxylation is 1. The molecule has 0 spiro atoms. The molecular formula is C13H24N4. The summed E-state index contributed by atoms with van der Waals surface area (Å²) in [5, 5.41) is 0. The van der Waals surface area contributed by atoms with Gasteiger partial charge in [0.05, 0.1) is 6.04 Å². The standard InChI is InChI=1S/C13H24N4/c1-13(2)6-4-10(5-7-13)11(16-14)12-15-8-9-17(12)3/h8-11,16H,4-7,14H2,1-3H3. The van der Waals surface area contributed by atoms with Crippen LogP contribution in [0.4, 0.5) is 0 Å². The molecule has 1 unspecified atom stereocenters. The molecule has 0 amide bonds. The highest BCUT2D eigenvalue weighted by molar-refractivity contribution is 5.01. The van der Waals surface area contributed by atoms with Crippen LogP contribution in [0.3, 0.4) is 0 Å². The fraction of sp³-hybridized carbons (Fsp3) is 0.769. The van der Waals surface area contributed by atoms with Gasteiger partial charge in [-0.2, -0.15) is 0 Å². The van der Waals surface area contributed by atoms with Crippen molar-refractivity contribution in [2.75, 3.05) is 0 Å². The lowest BCUT2D eigenvalue weighted by Gasteiger charge is -2.37. The Kier molecular flexibility index (Phi) is 3.54. The Balaban J connectivity index is 2.08. The molecule has 2 rings (SSSR count). The van der Waals surface area contributed by atoms with Crippen molar-refractivity contribution in [1.82, 2.24) is 15.0 Å². The normalized spacial score (nSPS) is 22.6. The second-order valence-electron chi connectivity index (χ2n) is 6.04. The molecule has 1 atom stereocenters. The number of rotatable bonds is 3. The van der Waals surface area contributed by atoms with Gasteiger partial charge in [-0.25, -0.2) is 10.4 Å². The summed E-state index contributed by atoms with van der Waals surface area (Å²) in [7, 11) is 2.03. The van der Waals surface area contributed by atoms with E-state index in [4.69, 9.17) is 5.84 Å². The minimum atomic E-state index is 0.186. The summed E-state index contributed by atoms with van der Waals surface area (Å²) < 4.78 is 2.06. The highest BCUT2D eigenvalue weighted by Gasteiger charge is 2.33. The number of nitrogens with two attached hydrogens (primary N) is 1. The van der Waals surface area contributed by atoms with Crippen LogP contribution >= 0.6 is 0 Å². The first-order chi connectivity index (χ1) is 8.03. The molecule has 0 aliphatic heterocycles. The second-order valence-corrected chi connectivity index (χ2v) is 6.04. The van der Waals surface area contributed by atoms with Crippen LogP contribution in [0.25, 0.3) is 0 Å². The molecule has 0 bridgehead atoms. The van der Waals surface area contributed by atoms with Crippen LogP contribution in [0.5, 0.6) is 0 Å². The topological polar surface area (TPSA) is 55.9 Å². The third-order valence-corrected chi connectivity index (χ3v) is 4.17. The van der Waals surface area contributed by atoms with Gasteiger partial charge in [-0.15, -0.1) is 0 Å². The zero-order valence-electron chi connectivity index (χ0n) is 11.1. The molecule has 4 heteroatoms. The smallest absolute Gasteiger partial charge is 0.127 e. The minimum absolute atomic E-state index is 0.186. The molecule has 1 fully saturated rings. The molecule has 0 radical (unpaired) electrons. The lowest BCUT2D eigenvalue weighted by molar-refractivity contribution is 0.157. The molecule has 1 aromatic rings. The fourth-order valence-corrected chi connectivity index (χ4v) is 2.85. The van der Waals surface area contributed by atoms with Crippen molar-refractivity contribution >= 4 is 0 Å². The Morgan fingerprint density at radius 1 is 1.47 bits per heavy atom. The Morgan fingerprint density at radius 2 is 2.12 bits per heavy atom. The lowest BCUT2D eigenvalue weighted by atomic mass is 9.71. The molecule has 4 nitrogen and oxygen atoms in total. The third-order valence-electron chi connectivity index (χ3n) is 4.17. The summed E-state index contributed by atoms with van der Waals surface area (Å²) in [5.41, 5.74) is 3.46. The molecule has 17 heavy (non-hydrogen) atoms. The third kappa shape index (κ3) is 2.69. The molecule has 0 aromatic carbocycles. The van der Waals surface area contributed by atoms with Crippen molar-refractivity contribution in [3.63, 3.8) is 0 Å². The van der Waals surface area contributed by atoms with E-state index in [1.54, 1.807) is 0 Å². The predicted molar refractivity (Wildman–Crippen MR) is 69.0 cm³/mol. The summed E-state index contributed by atoms with van der Waals surface area (Å²) >= 11 is 0. The predicted octanol–water partition coefficient (Wildman–Crippen LogP) is 2.14. The maximum atomic E-state index is 5.73. The quantitative estimate of drug-likeness (QED) is 0.624. The Hall–Kier alpha value is -0.870. The first-order valence-electron chi connectivity index (χ1n) is 6.47. The average molecular weight is 236 g/mol. The number of imidazole rings is 1. The van der Waals surface area contributed by atoms with Gasteiger partial charge in [0, 0.05) is 19.4 Å². The zero-order valence-corrected chi connectivity index (χ0v) is 11.1. The molecule has 96 valence electrons. The summed E-state index contributed by atoms with van der Waals surface area (Å²) in [6.07, 6.45) is 8.84. The maximum Gasteiger partial charge on any atom is 0.127 e. The van der Waals surface area contributed by atoms with Crippen molar-refractivity contribution in [2.45, 2.75) is 45.6 Å². The van der Waals surface area contributed by atoms with Crippen molar-refractivity contribution in [2.24, 2.45) is 24.2 Å². The van der Waals surface area contributed by atoms with Crippen LogP contribution in [-0.2, 0) is 7.05 Å². The van der Waals surface area contributed by atoms with E-state index in [2.05, 4.69) is 28.8 Å². The molecule has 1 aliphatic rings. The van der Waals surface area contributed by atoms with Gasteiger partial charge in [0.2, 0.25) is 0 Å². The monoisotopic (exact) mass is 236 g/mol. The van der Waals surface area contributed by atoms with E-state index in [1.807, 2.05) is 19.4 Å². The van der Waals surface area contributed by atoms with Crippen molar-refractivity contribution < 1.29 is 0 Å². The summed E-state index contributed by atoms with van der Waals surface area (Å²) in [4.78, 5) is 4.42. The molecule has 0 saturated heterocycles. The fourth-order valence-electron chi connectivity index (χ4n) is 2.85. The molecule has 3 N–H and O–H groups in total. The Labute approximate surface area is 104 Å². The molecule has 1 saturated carbocycles. The minimum Gasteiger partial charge on any atom is -0.337 e. The number of hydrogen-bond donors (Lipinski definition) is 2. The van der Waals surface area contributed by atoms with E-state index in [-0.39, 0.29) is 6.04 Å². The molecule has 1 aliphatic carbocycles. The van der Waals surface area contributed by atoms with Gasteiger partial charge < -0.3 is 4.57 Å². The van der Waals surface area contributed by atoms with Crippen LogP contribution < -0.4 is 11.3 Å². The van der Waals surface area contributed by atoms with Crippen molar-refractivity contribution in [1.29, 1.82) is 0 Å². The van der Waals surface area contributed by atoms with Crippen LogP contribution in [0.15, 0.2) is 12.4 Å². The van der Waals surface area contributed by atoms with Gasteiger partial charge in [0.25, 0.3) is 0 Å². The number of nitrogens with zero attached hydrogens (tertiary/aromatic N) is 2. The number of hydrogen-bond acceptors (Lipinski definition) is 3. The molecular weight excluding hydrogens is 212 g/mol. The van der Waals surface area contributed by atoms with Crippen LogP contribution in [0.1, 0.15) is 51.4 Å². The van der Waals surface area contributed by atoms with E-state index >= 15 is 0 Å². The first kappa shape index (κ1) is 12.6. The molecule has 1 aromatic heterocycles. The maximum absolute atomic E-state index is 5.73. The van der Waals surface area contributed by atoms with E-state index in [1.165, 1.54) is 25.7 Å². The average Bonchev–Trinajstić information content (AvgIpc) is 2.69. The number of nitrogens with one attached hydrogen (secondary N) is 1. The second kappa shape index (κ2) is 4.78. The van der Waals surface area contributed by atoms with Crippen molar-refractivity contribution in [3.05, 3.63) is 18.2 Å². The van der Waals surface area contributed by atoms with Crippen LogP contribution in [0.2, 0.25) is 0 Å². The van der Waals surface area contributed by atoms with Gasteiger partial charge in [-0.05, 0) is 37.0 Å². The van der Waals surface area contributed by atoms with Gasteiger partial charge in [0.1, 0.15) is 5.82 Å². The Bertz CT molecular complexity index is 359. The summed E-state index contributed by atoms with van der Waals surface area (Å²) in [6, 6.07) is 0.186. The van der Waals surface area contributed by atoms with E-state index < -0.39 is 0 Å². The lowest BCUT2D eigenvalue weighted by Crippen LogP contribution is -2.37. The van der Waals surface area contributed by atoms with E-state index in [0.717, 1.165) is 5.82 Å². The summed E-state index contributed by atoms with van der Waals surface area (Å²) in [5.74, 6) is 7.39. The van der Waals surface area contributed by atoms with Crippen molar-refractivity contribution in [3.8, 4) is 0 Å². The molecule has 1 heterocycles. The highest BCUT2D eigenvalue weighted by atomic mass is 15.3. The largest absolute Gasteiger partial charge is 0.337 e. The zero-order chi connectivity index (χ0) is 12.5. The van der Waals surface area contributed by atoms with Crippen LogP contribution in [0, 0.1) is 11.3 Å². The van der Waals surface area contributed by atoms with Gasteiger partial charge in [-0.3, -0.25) is 5.84 Å². The Morgan fingerprint density at radius 3 is 2.59 bits per heavy atom. The first-order valence-corrected chi connectivity index (χ1v) is 6.47. The van der Waals surface area contributed by atoms with Gasteiger partial charge >= 0.3 is 0 Å². The SMILES string of the molecule is Cn1ccnc1C(NN)C1CCC(C)(C)CC1. The van der Waals surface area contributed by atoms with Gasteiger partial charge in [-0.1, -0.05) is 13.8 Å². The number of aromatic nitrogens is 2. The van der Waals surface area contributed by atoms with Gasteiger partial charge in [0.15, 0.2) is 0 Å².